The largest absolute Gasteiger partial charge is 0.508 e. The Morgan fingerprint density at radius 3 is 1.33 bits per heavy atom. The van der Waals surface area contributed by atoms with Gasteiger partial charge in [0, 0.05) is 144 Å². The summed E-state index contributed by atoms with van der Waals surface area (Å²) < 4.78 is 0. The van der Waals surface area contributed by atoms with Gasteiger partial charge < -0.3 is 31.3 Å². The van der Waals surface area contributed by atoms with Crippen LogP contribution in [0.25, 0.3) is 33.8 Å². The van der Waals surface area contributed by atoms with Gasteiger partial charge in [-0.05, 0) is 200 Å². The van der Waals surface area contributed by atoms with Gasteiger partial charge in [-0.2, -0.15) is 0 Å². The molecule has 0 bridgehead atoms. The van der Waals surface area contributed by atoms with E-state index in [1.807, 2.05) is 73.2 Å². The Morgan fingerprint density at radius 2 is 0.879 bits per heavy atom. The lowest BCUT2D eigenvalue weighted by molar-refractivity contribution is -0.122. The van der Waals surface area contributed by atoms with Crippen molar-refractivity contribution in [3.8, 4) is 51.0 Å². The maximum atomic E-state index is 12.8. The quantitative estimate of drug-likeness (QED) is 0.0311. The Morgan fingerprint density at radius 1 is 0.467 bits per heavy atom. The van der Waals surface area contributed by atoms with Crippen LogP contribution in [0.15, 0.2) is 191 Å². The summed E-state index contributed by atoms with van der Waals surface area (Å²) in [5.74, 6) is 4.03. The molecule has 0 spiro atoms. The van der Waals surface area contributed by atoms with Gasteiger partial charge in [0.1, 0.15) is 34.7 Å². The molecule has 6 atom stereocenters. The van der Waals surface area contributed by atoms with Gasteiger partial charge in [-0.1, -0.05) is 126 Å². The second-order valence-corrected chi connectivity index (χ2v) is 31.0. The third-order valence-corrected chi connectivity index (χ3v) is 20.7. The highest BCUT2D eigenvalue weighted by atomic mass is 16.3. The van der Waals surface area contributed by atoms with E-state index in [0.29, 0.717) is 54.2 Å². The molecule has 0 saturated carbocycles. The van der Waals surface area contributed by atoms with Gasteiger partial charge in [0.05, 0.1) is 29.5 Å². The fourth-order valence-electron chi connectivity index (χ4n) is 14.4. The van der Waals surface area contributed by atoms with Gasteiger partial charge in [0.2, 0.25) is 0 Å². The summed E-state index contributed by atoms with van der Waals surface area (Å²) in [6.45, 7) is 30.1. The molecule has 107 heavy (non-hydrogen) atoms. The third-order valence-electron chi connectivity index (χ3n) is 20.7. The van der Waals surface area contributed by atoms with E-state index in [-0.39, 0.29) is 29.4 Å². The number of rotatable bonds is 25. The number of carbonyl (C=O) groups is 1. The van der Waals surface area contributed by atoms with Crippen LogP contribution >= 0.6 is 0 Å². The molecule has 20 heteroatoms. The van der Waals surface area contributed by atoms with Crippen molar-refractivity contribution in [1.82, 2.24) is 60.6 Å². The number of hydrogen-bond acceptors (Lipinski definition) is 20. The monoisotopic (exact) mass is 1440 g/mol. The number of benzene rings is 6. The molecular formula is C87H110N16O4. The molecule has 7 heterocycles. The molecule has 6 aromatic carbocycles. The SMILES string of the molecule is CC(C)c1cc(CCCc2nccc(-c3cccc(CN4C[C@H](C)NC[C@@H]4C)c3)n2)ccc1O.C[C@H]1CN(Cc2cccc(-c3ccnc(CCCc4ccc(O)c(C(C)(C)C)c4)n3)c2)[C@@H](C)CN1.C[C@H]1CN[C@@H](C(=O)CC2N=NN=N2)CN1Cc1cccc(-c2ccnc(CCCc3ccc(O)cc3)n2)c1. The number of phenolic OH excluding ortho intramolecular Hbond substituents is 3. The van der Waals surface area contributed by atoms with Crippen LogP contribution in [-0.4, -0.2) is 147 Å². The summed E-state index contributed by atoms with van der Waals surface area (Å²) in [4.78, 5) is 48.3. The highest BCUT2D eigenvalue weighted by Crippen LogP contribution is 2.33. The first-order valence-electron chi connectivity index (χ1n) is 38.5. The third kappa shape index (κ3) is 23.3. The van der Waals surface area contributed by atoms with Crippen molar-refractivity contribution in [2.24, 2.45) is 20.7 Å². The first-order chi connectivity index (χ1) is 51.6. The minimum atomic E-state index is -0.487. The molecule has 3 aromatic heterocycles. The summed E-state index contributed by atoms with van der Waals surface area (Å²) in [5, 5.41) is 54.9. The van der Waals surface area contributed by atoms with Crippen LogP contribution in [0, 0.1) is 0 Å². The van der Waals surface area contributed by atoms with E-state index in [1.54, 1.807) is 12.1 Å². The fourth-order valence-corrected chi connectivity index (χ4v) is 14.4. The number of phenols is 3. The molecule has 0 aliphatic carbocycles. The molecule has 0 unspecified atom stereocenters. The van der Waals surface area contributed by atoms with Crippen molar-refractivity contribution in [3.63, 3.8) is 0 Å². The zero-order valence-electron chi connectivity index (χ0n) is 64.3. The van der Waals surface area contributed by atoms with Crippen LogP contribution < -0.4 is 16.0 Å². The Kier molecular flexibility index (Phi) is 27.9. The average molecular weight is 1440 g/mol. The average Bonchev–Trinajstić information content (AvgIpc) is 1.19. The summed E-state index contributed by atoms with van der Waals surface area (Å²) in [6, 6.07) is 53.4. The molecule has 13 rings (SSSR count). The standard InChI is InChI=1S/C30H40N4O.C29H38N4O.C28H32N8O2/c1-21-19-34(22(2)18-32-21)20-24-9-6-10-25(16-24)27-14-15-31-29(33-27)11-7-8-23-12-13-28(35)26(17-23)30(3,4)5;1-20(2)26-16-23(11-12-28(26)34)7-6-10-29-30-14-13-27(32-29)25-9-5-8-24(15-25)19-33-18-21(3)31-17-22(33)4;1-19-16-30-25(26(38)15-28-32-34-35-33-28)18-36(19)17-21-5-2-6-22(14-21)24-12-13-29-27(31-24)7-3-4-20-8-10-23(37)11-9-20/h6,9-10,12-17,21-22,32,35H,7-8,11,18-20H2,1-5H3;5,8-9,11-16,20-22,31,34H,6-7,10,17-19H2,1-4H3;2,5-6,8-14,19,25,28,30,37H,3-4,7,15-18H2,1H3/t2*21-,22-;19-,25+/m000/s1. The predicted octanol–water partition coefficient (Wildman–Crippen LogP) is 15.1. The molecule has 6 N–H and O–H groups in total. The lowest BCUT2D eigenvalue weighted by Crippen LogP contribution is -2.57. The molecule has 0 radical (unpaired) electrons. The maximum Gasteiger partial charge on any atom is 0.192 e. The first kappa shape index (κ1) is 78.7. The Bertz CT molecular complexity index is 4420. The number of Topliss-reactive ketones (excluding diaryl/α,β-unsaturated/α-hetero) is 1. The van der Waals surface area contributed by atoms with Crippen molar-refractivity contribution >= 4 is 5.78 Å². The van der Waals surface area contributed by atoms with Crippen molar-refractivity contribution in [2.75, 3.05) is 39.3 Å². The number of piperazine rings is 3. The number of carbonyl (C=O) groups excluding carboxylic acids is 1. The summed E-state index contributed by atoms with van der Waals surface area (Å²) >= 11 is 0. The van der Waals surface area contributed by atoms with E-state index >= 15 is 0 Å². The van der Waals surface area contributed by atoms with Gasteiger partial charge >= 0.3 is 0 Å². The predicted molar refractivity (Wildman–Crippen MR) is 425 cm³/mol. The van der Waals surface area contributed by atoms with Crippen molar-refractivity contribution in [3.05, 3.63) is 232 Å². The normalized spacial score (nSPS) is 19.3. The topological polar surface area (TPSA) is 250 Å². The molecule has 9 aromatic rings. The highest BCUT2D eigenvalue weighted by Gasteiger charge is 2.32. The number of aryl methyl sites for hydroxylation is 6. The Hall–Kier alpha value is -9.41. The number of ketones is 1. The number of hydrogen-bond donors (Lipinski definition) is 6. The van der Waals surface area contributed by atoms with E-state index < -0.39 is 6.17 Å². The lowest BCUT2D eigenvalue weighted by Gasteiger charge is -2.38. The van der Waals surface area contributed by atoms with Gasteiger partial charge in [0.15, 0.2) is 11.9 Å². The van der Waals surface area contributed by atoms with E-state index in [2.05, 4.69) is 220 Å². The van der Waals surface area contributed by atoms with E-state index in [1.165, 1.54) is 33.4 Å². The van der Waals surface area contributed by atoms with Gasteiger partial charge in [-0.3, -0.25) is 19.5 Å². The lowest BCUT2D eigenvalue weighted by atomic mass is 9.85. The van der Waals surface area contributed by atoms with Gasteiger partial charge in [-0.15, -0.1) is 10.2 Å². The number of nitrogens with one attached hydrogen (secondary N) is 3. The van der Waals surface area contributed by atoms with Crippen LogP contribution in [0.5, 0.6) is 17.2 Å². The van der Waals surface area contributed by atoms with Gasteiger partial charge in [-0.25, -0.2) is 29.9 Å². The van der Waals surface area contributed by atoms with Crippen LogP contribution in [0.2, 0.25) is 0 Å². The minimum Gasteiger partial charge on any atom is -0.508 e. The van der Waals surface area contributed by atoms with Gasteiger partial charge in [0.25, 0.3) is 0 Å². The van der Waals surface area contributed by atoms with Crippen molar-refractivity contribution in [1.29, 1.82) is 0 Å². The Balaban J connectivity index is 0.000000160. The Labute approximate surface area is 633 Å². The number of nitrogens with zero attached hydrogens (tertiary/aromatic N) is 13. The van der Waals surface area contributed by atoms with Crippen LogP contribution in [0.3, 0.4) is 0 Å². The summed E-state index contributed by atoms with van der Waals surface area (Å²) in [5.41, 5.74) is 15.7. The smallest absolute Gasteiger partial charge is 0.192 e. The molecule has 562 valence electrons. The highest BCUT2D eigenvalue weighted by molar-refractivity contribution is 5.85. The molecular weight excluding hydrogens is 1330 g/mol. The van der Waals surface area contributed by atoms with E-state index in [4.69, 9.17) is 15.0 Å². The molecule has 3 fully saturated rings. The molecule has 0 amide bonds. The van der Waals surface area contributed by atoms with E-state index in [9.17, 15) is 20.1 Å². The van der Waals surface area contributed by atoms with Crippen LogP contribution in [0.4, 0.5) is 0 Å². The zero-order chi connectivity index (χ0) is 75.4. The minimum absolute atomic E-state index is 0.0761. The molecule has 4 aliphatic heterocycles. The van der Waals surface area contributed by atoms with Crippen LogP contribution in [-0.2, 0) is 68.4 Å². The zero-order valence-corrected chi connectivity index (χ0v) is 64.3. The fraction of sp³-hybridized carbons (Fsp3) is 0.437. The van der Waals surface area contributed by atoms with Crippen molar-refractivity contribution < 1.29 is 20.1 Å². The number of aromatic hydroxyl groups is 3. The number of aromatic nitrogens is 6. The summed E-state index contributed by atoms with van der Waals surface area (Å²) in [7, 11) is 0. The van der Waals surface area contributed by atoms with Crippen molar-refractivity contribution in [2.45, 2.75) is 207 Å². The second-order valence-electron chi connectivity index (χ2n) is 31.0. The second kappa shape index (κ2) is 37.9. The molecule has 4 aliphatic rings. The van der Waals surface area contributed by atoms with E-state index in [0.717, 1.165) is 173 Å². The summed E-state index contributed by atoms with van der Waals surface area (Å²) in [6.07, 6.45) is 13.4. The van der Waals surface area contributed by atoms with Crippen LogP contribution in [0.1, 0.15) is 163 Å². The molecule has 3 saturated heterocycles. The maximum absolute atomic E-state index is 12.8. The molecule has 20 nitrogen and oxygen atoms in total. The first-order valence-corrected chi connectivity index (χ1v) is 38.5.